The van der Waals surface area contributed by atoms with Gasteiger partial charge in [0.05, 0.1) is 6.26 Å². The molecule has 0 spiro atoms. The van der Waals surface area contributed by atoms with Crippen molar-refractivity contribution in [3.8, 4) is 0 Å². The lowest BCUT2D eigenvalue weighted by atomic mass is 10.1. The van der Waals surface area contributed by atoms with Crippen LogP contribution in [-0.4, -0.2) is 47.8 Å². The van der Waals surface area contributed by atoms with Crippen molar-refractivity contribution >= 4 is 32.9 Å². The van der Waals surface area contributed by atoms with Gasteiger partial charge in [0.1, 0.15) is 0 Å². The second kappa shape index (κ2) is 5.09. The monoisotopic (exact) mass is 332 g/mol. The van der Waals surface area contributed by atoms with E-state index in [4.69, 9.17) is 0 Å². The van der Waals surface area contributed by atoms with Crippen molar-refractivity contribution in [3.63, 3.8) is 0 Å². The standard InChI is InChI=1S/C8H17IN2O2S/c1-3-11(14(2,12)13)8-4-6-10(9)7-5-8/h8H,3-7H2,1-2H3. The highest BCUT2D eigenvalue weighted by Gasteiger charge is 2.28. The molecule has 1 fully saturated rings. The number of rotatable bonds is 3. The van der Waals surface area contributed by atoms with Crippen LogP contribution in [0, 0.1) is 0 Å². The molecule has 0 aromatic heterocycles. The van der Waals surface area contributed by atoms with E-state index in [1.54, 1.807) is 4.31 Å². The molecule has 1 rings (SSSR count). The van der Waals surface area contributed by atoms with Crippen molar-refractivity contribution < 1.29 is 8.42 Å². The van der Waals surface area contributed by atoms with E-state index in [1.165, 1.54) is 6.26 Å². The third kappa shape index (κ3) is 3.32. The highest BCUT2D eigenvalue weighted by molar-refractivity contribution is 14.1. The minimum Gasteiger partial charge on any atom is -0.247 e. The van der Waals surface area contributed by atoms with Gasteiger partial charge < -0.3 is 0 Å². The largest absolute Gasteiger partial charge is 0.247 e. The van der Waals surface area contributed by atoms with Gasteiger partial charge in [0.2, 0.25) is 10.0 Å². The Morgan fingerprint density at radius 3 is 2.29 bits per heavy atom. The molecule has 0 aromatic rings. The first kappa shape index (κ1) is 12.7. The van der Waals surface area contributed by atoms with Gasteiger partial charge in [-0.2, -0.15) is 4.31 Å². The van der Waals surface area contributed by atoms with Crippen LogP contribution < -0.4 is 0 Å². The summed E-state index contributed by atoms with van der Waals surface area (Å²) in [5.41, 5.74) is 0. The summed E-state index contributed by atoms with van der Waals surface area (Å²) >= 11 is 2.29. The van der Waals surface area contributed by atoms with E-state index < -0.39 is 10.0 Å². The fourth-order valence-corrected chi connectivity index (χ4v) is 3.66. The topological polar surface area (TPSA) is 40.6 Å². The lowest BCUT2D eigenvalue weighted by Crippen LogP contribution is -2.44. The van der Waals surface area contributed by atoms with Crippen molar-refractivity contribution in [1.29, 1.82) is 0 Å². The summed E-state index contributed by atoms with van der Waals surface area (Å²) < 4.78 is 26.7. The maximum atomic E-state index is 11.5. The van der Waals surface area contributed by atoms with Crippen LogP contribution in [0.2, 0.25) is 0 Å². The zero-order chi connectivity index (χ0) is 10.8. The van der Waals surface area contributed by atoms with Crippen molar-refractivity contribution in [2.45, 2.75) is 25.8 Å². The van der Waals surface area contributed by atoms with Crippen molar-refractivity contribution in [3.05, 3.63) is 0 Å². The first-order valence-electron chi connectivity index (χ1n) is 4.82. The summed E-state index contributed by atoms with van der Waals surface area (Å²) in [4.78, 5) is 0. The van der Waals surface area contributed by atoms with Gasteiger partial charge in [0.15, 0.2) is 0 Å². The number of hydrogen-bond donors (Lipinski definition) is 0. The summed E-state index contributed by atoms with van der Waals surface area (Å²) in [6.45, 7) is 4.46. The normalized spacial score (nSPS) is 21.7. The number of sulfonamides is 1. The molecule has 0 aliphatic carbocycles. The van der Waals surface area contributed by atoms with Crippen LogP contribution in [0.4, 0.5) is 0 Å². The van der Waals surface area contributed by atoms with E-state index >= 15 is 0 Å². The molecular weight excluding hydrogens is 315 g/mol. The Kier molecular flexibility index (Phi) is 4.60. The van der Waals surface area contributed by atoms with Crippen LogP contribution in [0.25, 0.3) is 0 Å². The number of piperidine rings is 1. The average molecular weight is 332 g/mol. The van der Waals surface area contributed by atoms with Gasteiger partial charge >= 0.3 is 0 Å². The van der Waals surface area contributed by atoms with Gasteiger partial charge in [-0.15, -0.1) is 0 Å². The molecule has 0 N–H and O–H groups in total. The van der Waals surface area contributed by atoms with Crippen LogP contribution in [0.5, 0.6) is 0 Å². The Balaban J connectivity index is 2.63. The lowest BCUT2D eigenvalue weighted by molar-refractivity contribution is 0.241. The quantitative estimate of drug-likeness (QED) is 0.574. The van der Waals surface area contributed by atoms with Crippen LogP contribution in [0.3, 0.4) is 0 Å². The third-order valence-electron chi connectivity index (χ3n) is 2.55. The molecule has 0 aromatic carbocycles. The Morgan fingerprint density at radius 2 is 1.93 bits per heavy atom. The van der Waals surface area contributed by atoms with E-state index in [2.05, 4.69) is 26.0 Å². The van der Waals surface area contributed by atoms with E-state index in [9.17, 15) is 8.42 Å². The maximum Gasteiger partial charge on any atom is 0.211 e. The first-order chi connectivity index (χ1) is 6.45. The molecule has 0 bridgehead atoms. The molecule has 84 valence electrons. The highest BCUT2D eigenvalue weighted by Crippen LogP contribution is 2.20. The first-order valence-corrected chi connectivity index (χ1v) is 7.64. The van der Waals surface area contributed by atoms with Gasteiger partial charge in [-0.3, -0.25) is 0 Å². The Hall–Kier alpha value is 0.600. The Labute approximate surface area is 100 Å². The smallest absolute Gasteiger partial charge is 0.211 e. The molecule has 1 saturated heterocycles. The molecular formula is C8H17IN2O2S. The van der Waals surface area contributed by atoms with E-state index in [0.29, 0.717) is 6.54 Å². The van der Waals surface area contributed by atoms with Crippen LogP contribution in [0.15, 0.2) is 0 Å². The summed E-state index contributed by atoms with van der Waals surface area (Å²) in [5.74, 6) is 0. The lowest BCUT2D eigenvalue weighted by Gasteiger charge is -2.34. The minimum absolute atomic E-state index is 0.209. The number of nitrogens with zero attached hydrogens (tertiary/aromatic N) is 2. The summed E-state index contributed by atoms with van der Waals surface area (Å²) in [6.07, 6.45) is 3.20. The Morgan fingerprint density at radius 1 is 1.43 bits per heavy atom. The second-order valence-electron chi connectivity index (χ2n) is 3.61. The highest BCUT2D eigenvalue weighted by atomic mass is 127. The fraction of sp³-hybridized carbons (Fsp3) is 1.00. The molecule has 0 saturated carbocycles. The predicted octanol–water partition coefficient (Wildman–Crippen LogP) is 1.08. The van der Waals surface area contributed by atoms with Crippen LogP contribution in [0.1, 0.15) is 19.8 Å². The Bertz CT molecular complexity index is 273. The van der Waals surface area contributed by atoms with Crippen molar-refractivity contribution in [2.24, 2.45) is 0 Å². The summed E-state index contributed by atoms with van der Waals surface area (Å²) in [5, 5.41) is 0. The molecule has 4 nitrogen and oxygen atoms in total. The predicted molar refractivity (Wildman–Crippen MR) is 65.8 cm³/mol. The zero-order valence-electron chi connectivity index (χ0n) is 8.61. The molecule has 0 amide bonds. The summed E-state index contributed by atoms with van der Waals surface area (Å²) in [7, 11) is -3.02. The second-order valence-corrected chi connectivity index (χ2v) is 6.91. The molecule has 1 aliphatic rings. The third-order valence-corrected chi connectivity index (χ3v) is 4.93. The van der Waals surface area contributed by atoms with E-state index in [1.807, 2.05) is 6.92 Å². The molecule has 1 aliphatic heterocycles. The van der Waals surface area contributed by atoms with E-state index in [-0.39, 0.29) is 6.04 Å². The van der Waals surface area contributed by atoms with E-state index in [0.717, 1.165) is 25.9 Å². The zero-order valence-corrected chi connectivity index (χ0v) is 11.6. The number of halogens is 1. The van der Waals surface area contributed by atoms with Crippen LogP contribution in [-0.2, 0) is 10.0 Å². The average Bonchev–Trinajstić information content (AvgIpc) is 2.07. The maximum absolute atomic E-state index is 11.5. The molecule has 0 atom stereocenters. The minimum atomic E-state index is -3.02. The van der Waals surface area contributed by atoms with Gasteiger partial charge in [-0.1, -0.05) is 6.92 Å². The number of hydrogen-bond acceptors (Lipinski definition) is 3. The SMILES string of the molecule is CCN(C1CCN(I)CC1)S(C)(=O)=O. The van der Waals surface area contributed by atoms with Gasteiger partial charge in [0, 0.05) is 48.5 Å². The van der Waals surface area contributed by atoms with Crippen molar-refractivity contribution in [2.75, 3.05) is 25.9 Å². The molecule has 0 unspecified atom stereocenters. The molecule has 1 heterocycles. The molecule has 6 heteroatoms. The molecule has 0 radical (unpaired) electrons. The van der Waals surface area contributed by atoms with Gasteiger partial charge in [-0.25, -0.2) is 11.5 Å². The van der Waals surface area contributed by atoms with Crippen LogP contribution >= 0.6 is 22.9 Å². The van der Waals surface area contributed by atoms with Crippen molar-refractivity contribution in [1.82, 2.24) is 7.42 Å². The summed E-state index contributed by atoms with van der Waals surface area (Å²) in [6, 6.07) is 0.209. The van der Waals surface area contributed by atoms with Gasteiger partial charge in [-0.05, 0) is 12.8 Å². The molecule has 14 heavy (non-hydrogen) atoms. The van der Waals surface area contributed by atoms with Gasteiger partial charge in [0.25, 0.3) is 0 Å². The fourth-order valence-electron chi connectivity index (χ4n) is 1.89.